The number of nitrogens with zero attached hydrogens (tertiary/aromatic N) is 3. The van der Waals surface area contributed by atoms with Gasteiger partial charge in [-0.05, 0) is 0 Å². The molecule has 0 saturated carbocycles. The number of hydrogen-bond acceptors (Lipinski definition) is 9. The number of fused-ring (bicyclic) bond motifs is 1. The second-order valence-electron chi connectivity index (χ2n) is 6.08. The molecular formula is C15H19N5O6. The zero-order chi connectivity index (χ0) is 19.0. The van der Waals surface area contributed by atoms with Crippen LogP contribution >= 0.6 is 0 Å². The maximum Gasteiger partial charge on any atom is 0.303 e. The van der Waals surface area contributed by atoms with Gasteiger partial charge < -0.3 is 19.9 Å². The van der Waals surface area contributed by atoms with Gasteiger partial charge >= 0.3 is 11.9 Å². The van der Waals surface area contributed by atoms with Crippen molar-refractivity contribution in [3.05, 3.63) is 16.7 Å². The summed E-state index contributed by atoms with van der Waals surface area (Å²) in [6.07, 6.45) is -0.625. The number of nitrogen functional groups attached to an aromatic ring is 1. The third kappa shape index (κ3) is 3.25. The number of carbonyl (C=O) groups is 2. The van der Waals surface area contributed by atoms with Gasteiger partial charge in [-0.2, -0.15) is 4.98 Å². The maximum absolute atomic E-state index is 12.0. The van der Waals surface area contributed by atoms with Gasteiger partial charge in [-0.3, -0.25) is 23.9 Å². The fourth-order valence-electron chi connectivity index (χ4n) is 2.95. The van der Waals surface area contributed by atoms with Gasteiger partial charge in [-0.1, -0.05) is 6.92 Å². The van der Waals surface area contributed by atoms with Crippen molar-refractivity contribution in [2.24, 2.45) is 5.92 Å². The van der Waals surface area contributed by atoms with Crippen molar-refractivity contribution in [2.75, 3.05) is 12.3 Å². The average Bonchev–Trinajstić information content (AvgIpc) is 3.08. The van der Waals surface area contributed by atoms with Crippen molar-refractivity contribution in [1.82, 2.24) is 19.5 Å². The molecule has 11 heteroatoms. The molecular weight excluding hydrogens is 346 g/mol. The molecule has 1 fully saturated rings. The predicted octanol–water partition coefficient (Wildman–Crippen LogP) is -0.270. The lowest BCUT2D eigenvalue weighted by molar-refractivity contribution is -0.153. The van der Waals surface area contributed by atoms with E-state index in [0.29, 0.717) is 0 Å². The molecule has 0 radical (unpaired) electrons. The summed E-state index contributed by atoms with van der Waals surface area (Å²) in [7, 11) is 0. The van der Waals surface area contributed by atoms with Gasteiger partial charge in [-0.15, -0.1) is 0 Å². The Morgan fingerprint density at radius 2 is 2.12 bits per heavy atom. The monoisotopic (exact) mass is 365 g/mol. The normalized spacial score (nSPS) is 25.3. The van der Waals surface area contributed by atoms with Gasteiger partial charge in [0.2, 0.25) is 5.95 Å². The lowest BCUT2D eigenvalue weighted by Crippen LogP contribution is -2.30. The molecule has 1 saturated heterocycles. The predicted molar refractivity (Wildman–Crippen MR) is 87.8 cm³/mol. The highest BCUT2D eigenvalue weighted by Crippen LogP contribution is 2.37. The molecule has 0 spiro atoms. The summed E-state index contributed by atoms with van der Waals surface area (Å²) in [6, 6.07) is 0. The Morgan fingerprint density at radius 3 is 2.77 bits per heavy atom. The first-order chi connectivity index (χ1) is 12.3. The molecule has 1 aliphatic heterocycles. The van der Waals surface area contributed by atoms with Crippen molar-refractivity contribution in [3.63, 3.8) is 0 Å². The van der Waals surface area contributed by atoms with Gasteiger partial charge in [0.15, 0.2) is 23.5 Å². The van der Waals surface area contributed by atoms with E-state index in [9.17, 15) is 14.4 Å². The number of anilines is 1. The van der Waals surface area contributed by atoms with Crippen LogP contribution in [-0.2, 0) is 23.8 Å². The molecule has 0 aliphatic carbocycles. The molecule has 3 heterocycles. The fourth-order valence-corrected chi connectivity index (χ4v) is 2.95. The Balaban J connectivity index is 1.99. The number of rotatable bonds is 4. The van der Waals surface area contributed by atoms with E-state index in [1.165, 1.54) is 24.7 Å². The molecule has 26 heavy (non-hydrogen) atoms. The second kappa shape index (κ2) is 6.75. The van der Waals surface area contributed by atoms with Gasteiger partial charge in [-0.25, -0.2) is 4.98 Å². The van der Waals surface area contributed by atoms with E-state index in [2.05, 4.69) is 15.0 Å². The van der Waals surface area contributed by atoms with Crippen LogP contribution in [0.5, 0.6) is 0 Å². The third-order valence-corrected chi connectivity index (χ3v) is 4.18. The van der Waals surface area contributed by atoms with Crippen LogP contribution in [0.4, 0.5) is 5.95 Å². The summed E-state index contributed by atoms with van der Waals surface area (Å²) in [5, 5.41) is 0. The Hall–Kier alpha value is -2.95. The highest BCUT2D eigenvalue weighted by atomic mass is 16.6. The Morgan fingerprint density at radius 1 is 1.38 bits per heavy atom. The number of hydrogen-bond donors (Lipinski definition) is 2. The van der Waals surface area contributed by atoms with E-state index in [4.69, 9.17) is 19.9 Å². The zero-order valence-corrected chi connectivity index (χ0v) is 14.5. The number of aromatic amines is 1. The Kier molecular flexibility index (Phi) is 4.64. The number of carbonyl (C=O) groups excluding carboxylic acids is 2. The number of ether oxygens (including phenoxy) is 3. The SMILES string of the molecule is CC(=O)OC[C@H]1O[C@@H](n2cnc3c(=O)[nH]c(N)nc32)[C@H](OC(C)=O)[C@@H]1C. The summed E-state index contributed by atoms with van der Waals surface area (Å²) in [5.41, 5.74) is 5.41. The number of nitrogens with one attached hydrogen (secondary N) is 1. The summed E-state index contributed by atoms with van der Waals surface area (Å²) >= 11 is 0. The summed E-state index contributed by atoms with van der Waals surface area (Å²) < 4.78 is 17.9. The molecule has 2 aromatic heterocycles. The lowest BCUT2D eigenvalue weighted by atomic mass is 10.0. The van der Waals surface area contributed by atoms with Crippen LogP contribution in [0.1, 0.15) is 27.0 Å². The van der Waals surface area contributed by atoms with Crippen molar-refractivity contribution in [3.8, 4) is 0 Å². The van der Waals surface area contributed by atoms with Crippen LogP contribution in [0.3, 0.4) is 0 Å². The summed E-state index contributed by atoms with van der Waals surface area (Å²) in [5.74, 6) is -1.28. The van der Waals surface area contributed by atoms with Crippen molar-refractivity contribution in [2.45, 2.75) is 39.2 Å². The van der Waals surface area contributed by atoms with E-state index in [1.54, 1.807) is 0 Å². The maximum atomic E-state index is 12.0. The summed E-state index contributed by atoms with van der Waals surface area (Å²) in [4.78, 5) is 45.1. The highest BCUT2D eigenvalue weighted by Gasteiger charge is 2.46. The van der Waals surface area contributed by atoms with Crippen LogP contribution in [-0.4, -0.2) is 50.3 Å². The molecule has 2 aromatic rings. The molecule has 0 aromatic carbocycles. The molecule has 3 N–H and O–H groups in total. The van der Waals surface area contributed by atoms with Gasteiger partial charge in [0, 0.05) is 19.8 Å². The van der Waals surface area contributed by atoms with Crippen molar-refractivity contribution < 1.29 is 23.8 Å². The van der Waals surface area contributed by atoms with Crippen LogP contribution < -0.4 is 11.3 Å². The van der Waals surface area contributed by atoms with Crippen LogP contribution in [0.2, 0.25) is 0 Å². The molecule has 0 unspecified atom stereocenters. The molecule has 11 nitrogen and oxygen atoms in total. The number of nitrogens with two attached hydrogens (primary N) is 1. The van der Waals surface area contributed by atoms with Crippen molar-refractivity contribution >= 4 is 29.1 Å². The number of esters is 2. The quantitative estimate of drug-likeness (QED) is 0.697. The molecule has 1 aliphatic rings. The van der Waals surface area contributed by atoms with Crippen LogP contribution in [0.25, 0.3) is 11.2 Å². The zero-order valence-electron chi connectivity index (χ0n) is 14.5. The summed E-state index contributed by atoms with van der Waals surface area (Å²) in [6.45, 7) is 4.40. The molecule has 0 amide bonds. The number of imidazole rings is 1. The van der Waals surface area contributed by atoms with E-state index in [0.717, 1.165) is 0 Å². The van der Waals surface area contributed by atoms with Crippen LogP contribution in [0, 0.1) is 5.92 Å². The molecule has 140 valence electrons. The first kappa shape index (κ1) is 17.9. The molecule has 4 atom stereocenters. The lowest BCUT2D eigenvalue weighted by Gasteiger charge is -2.21. The van der Waals surface area contributed by atoms with Gasteiger partial charge in [0.05, 0.1) is 6.33 Å². The standard InChI is InChI=1S/C15H19N5O6/c1-6-9(4-24-7(2)21)26-14(11(6)25-8(3)22)20-5-17-10-12(20)18-15(16)19-13(10)23/h5-6,9,11,14H,4H2,1-3H3,(H3,16,18,19,23)/t6-,9-,11-,14-/m1/s1. The molecule has 0 bridgehead atoms. The van der Waals surface area contributed by atoms with E-state index in [-0.39, 0.29) is 29.6 Å². The van der Waals surface area contributed by atoms with Gasteiger partial charge in [0.1, 0.15) is 12.7 Å². The largest absolute Gasteiger partial charge is 0.463 e. The van der Waals surface area contributed by atoms with E-state index >= 15 is 0 Å². The Labute approximate surface area is 147 Å². The Bertz CT molecular complexity index is 906. The fraction of sp³-hybridized carbons (Fsp3) is 0.533. The minimum Gasteiger partial charge on any atom is -0.463 e. The van der Waals surface area contributed by atoms with Gasteiger partial charge in [0.25, 0.3) is 5.56 Å². The number of H-pyrrole nitrogens is 1. The first-order valence-electron chi connectivity index (χ1n) is 7.96. The minimum atomic E-state index is -0.798. The minimum absolute atomic E-state index is 0.00749. The molecule has 3 rings (SSSR count). The van der Waals surface area contributed by atoms with E-state index in [1.807, 2.05) is 6.92 Å². The van der Waals surface area contributed by atoms with Crippen LogP contribution in [0.15, 0.2) is 11.1 Å². The number of aromatic nitrogens is 4. The van der Waals surface area contributed by atoms with E-state index < -0.39 is 35.9 Å². The average molecular weight is 365 g/mol. The highest BCUT2D eigenvalue weighted by molar-refractivity contribution is 5.71. The van der Waals surface area contributed by atoms with Crippen molar-refractivity contribution in [1.29, 1.82) is 0 Å². The topological polar surface area (TPSA) is 151 Å². The second-order valence-corrected chi connectivity index (χ2v) is 6.08. The first-order valence-corrected chi connectivity index (χ1v) is 7.96. The smallest absolute Gasteiger partial charge is 0.303 e. The third-order valence-electron chi connectivity index (χ3n) is 4.18.